The summed E-state index contributed by atoms with van der Waals surface area (Å²) in [5.41, 5.74) is 6.19. The van der Waals surface area contributed by atoms with E-state index in [1.807, 2.05) is 6.92 Å². The minimum absolute atomic E-state index is 0.122. The Balaban J connectivity index is 2.53. The Bertz CT molecular complexity index is 395. The summed E-state index contributed by atoms with van der Waals surface area (Å²) in [4.78, 5) is 11.7. The van der Waals surface area contributed by atoms with Crippen molar-refractivity contribution in [2.75, 3.05) is 6.54 Å². The van der Waals surface area contributed by atoms with E-state index in [-0.39, 0.29) is 18.0 Å². The summed E-state index contributed by atoms with van der Waals surface area (Å²) < 4.78 is 13.8. The molecule has 4 heteroatoms. The smallest absolute Gasteiger partial charge is 0.137 e. The molecule has 0 heterocycles. The maximum absolute atomic E-state index is 13.0. The van der Waals surface area contributed by atoms with Crippen molar-refractivity contribution in [1.29, 1.82) is 0 Å². The summed E-state index contributed by atoms with van der Waals surface area (Å²) in [6.07, 6.45) is 1.57. The molecule has 1 aromatic carbocycles. The molecule has 0 aliphatic rings. The molecule has 2 N–H and O–H groups in total. The number of carbonyl (C=O) groups excluding carboxylic acids is 1. The summed E-state index contributed by atoms with van der Waals surface area (Å²) in [5, 5.41) is 0. The van der Waals surface area contributed by atoms with E-state index in [0.717, 1.165) is 10.9 Å². The molecule has 0 aliphatic carbocycles. The molecule has 0 bridgehead atoms. The van der Waals surface area contributed by atoms with Gasteiger partial charge >= 0.3 is 0 Å². The summed E-state index contributed by atoms with van der Waals surface area (Å²) in [6.45, 7) is 2.61. The number of rotatable bonds is 6. The number of halogens is 2. The van der Waals surface area contributed by atoms with Gasteiger partial charge in [0.05, 0.1) is 0 Å². The van der Waals surface area contributed by atoms with E-state index < -0.39 is 0 Å². The van der Waals surface area contributed by atoms with E-state index in [1.54, 1.807) is 6.07 Å². The molecule has 0 aliphatic heterocycles. The Morgan fingerprint density at radius 3 is 2.88 bits per heavy atom. The van der Waals surface area contributed by atoms with E-state index in [9.17, 15) is 9.18 Å². The van der Waals surface area contributed by atoms with Gasteiger partial charge in [-0.2, -0.15) is 0 Å². The van der Waals surface area contributed by atoms with Crippen LogP contribution in [-0.2, 0) is 11.2 Å². The minimum atomic E-state index is -0.314. The van der Waals surface area contributed by atoms with Gasteiger partial charge in [-0.25, -0.2) is 4.39 Å². The van der Waals surface area contributed by atoms with Gasteiger partial charge in [-0.05, 0) is 42.6 Å². The van der Waals surface area contributed by atoms with Crippen LogP contribution >= 0.6 is 15.9 Å². The first-order chi connectivity index (χ1) is 8.02. The molecule has 1 atom stereocenters. The molecular formula is C13H17BrFNO. The summed E-state index contributed by atoms with van der Waals surface area (Å²) in [7, 11) is 0. The molecule has 0 saturated carbocycles. The monoisotopic (exact) mass is 301 g/mol. The van der Waals surface area contributed by atoms with Crippen molar-refractivity contribution in [3.05, 3.63) is 34.1 Å². The maximum Gasteiger partial charge on any atom is 0.137 e. The third-order valence-electron chi connectivity index (χ3n) is 2.71. The predicted molar refractivity (Wildman–Crippen MR) is 70.3 cm³/mol. The fraction of sp³-hybridized carbons (Fsp3) is 0.462. The Hall–Kier alpha value is -0.740. The van der Waals surface area contributed by atoms with E-state index in [2.05, 4.69) is 15.9 Å². The minimum Gasteiger partial charge on any atom is -0.330 e. The van der Waals surface area contributed by atoms with Crippen LogP contribution < -0.4 is 5.73 Å². The number of carbonyl (C=O) groups is 1. The molecule has 0 spiro atoms. The number of ketones is 1. The van der Waals surface area contributed by atoms with Crippen molar-refractivity contribution in [1.82, 2.24) is 0 Å². The van der Waals surface area contributed by atoms with Gasteiger partial charge < -0.3 is 5.73 Å². The molecule has 0 amide bonds. The molecule has 0 saturated heterocycles. The summed E-state index contributed by atoms with van der Waals surface area (Å²) in [6, 6.07) is 4.39. The quantitative estimate of drug-likeness (QED) is 0.877. The molecule has 1 rings (SSSR count). The third kappa shape index (κ3) is 4.96. The van der Waals surface area contributed by atoms with Gasteiger partial charge in [-0.15, -0.1) is 0 Å². The van der Waals surface area contributed by atoms with Crippen molar-refractivity contribution < 1.29 is 9.18 Å². The van der Waals surface area contributed by atoms with Crippen LogP contribution in [0, 0.1) is 11.7 Å². The van der Waals surface area contributed by atoms with Gasteiger partial charge in [0.2, 0.25) is 0 Å². The van der Waals surface area contributed by atoms with E-state index in [4.69, 9.17) is 5.73 Å². The van der Waals surface area contributed by atoms with Gasteiger partial charge in [-0.3, -0.25) is 4.79 Å². The second-order valence-corrected chi connectivity index (χ2v) is 5.19. The molecule has 0 fully saturated rings. The van der Waals surface area contributed by atoms with Crippen molar-refractivity contribution >= 4 is 21.7 Å². The highest BCUT2D eigenvalue weighted by Gasteiger charge is 2.09. The number of benzene rings is 1. The van der Waals surface area contributed by atoms with Crippen LogP contribution in [0.5, 0.6) is 0 Å². The van der Waals surface area contributed by atoms with E-state index >= 15 is 0 Å². The summed E-state index contributed by atoms with van der Waals surface area (Å²) >= 11 is 3.31. The lowest BCUT2D eigenvalue weighted by atomic mass is 10.00. The normalized spacial score (nSPS) is 12.5. The van der Waals surface area contributed by atoms with Crippen LogP contribution in [0.4, 0.5) is 4.39 Å². The third-order valence-corrected chi connectivity index (χ3v) is 3.49. The van der Waals surface area contributed by atoms with Crippen LogP contribution in [0.2, 0.25) is 0 Å². The lowest BCUT2D eigenvalue weighted by Crippen LogP contribution is -2.13. The lowest BCUT2D eigenvalue weighted by Gasteiger charge is -2.08. The highest BCUT2D eigenvalue weighted by atomic mass is 79.9. The zero-order valence-electron chi connectivity index (χ0n) is 9.88. The SMILES string of the molecule is CC(CN)CCC(=O)Cc1cc(F)ccc1Br. The van der Waals surface area contributed by atoms with Crippen LogP contribution in [0.1, 0.15) is 25.3 Å². The van der Waals surface area contributed by atoms with Crippen LogP contribution in [0.25, 0.3) is 0 Å². The Labute approximate surface area is 110 Å². The van der Waals surface area contributed by atoms with Gasteiger partial charge in [0.25, 0.3) is 0 Å². The fourth-order valence-corrected chi connectivity index (χ4v) is 1.89. The van der Waals surface area contributed by atoms with Crippen molar-refractivity contribution in [3.8, 4) is 0 Å². The summed E-state index contributed by atoms with van der Waals surface area (Å²) in [5.74, 6) is 0.165. The number of Topliss-reactive ketones (excluding diaryl/α,β-unsaturated/α-hetero) is 1. The zero-order valence-corrected chi connectivity index (χ0v) is 11.5. The average Bonchev–Trinajstić information content (AvgIpc) is 2.30. The predicted octanol–water partition coefficient (Wildman–Crippen LogP) is 3.07. The maximum atomic E-state index is 13.0. The molecule has 0 radical (unpaired) electrons. The lowest BCUT2D eigenvalue weighted by molar-refractivity contribution is -0.118. The first-order valence-corrected chi connectivity index (χ1v) is 6.48. The molecule has 94 valence electrons. The second-order valence-electron chi connectivity index (χ2n) is 4.33. The van der Waals surface area contributed by atoms with Gasteiger partial charge in [-0.1, -0.05) is 22.9 Å². The second kappa shape index (κ2) is 6.87. The first-order valence-electron chi connectivity index (χ1n) is 5.68. The van der Waals surface area contributed by atoms with E-state index in [1.165, 1.54) is 12.1 Å². The number of hydrogen-bond donors (Lipinski definition) is 1. The Morgan fingerprint density at radius 2 is 2.24 bits per heavy atom. The van der Waals surface area contributed by atoms with Crippen molar-refractivity contribution in [3.63, 3.8) is 0 Å². The largest absolute Gasteiger partial charge is 0.330 e. The van der Waals surface area contributed by atoms with Crippen molar-refractivity contribution in [2.24, 2.45) is 11.7 Å². The van der Waals surface area contributed by atoms with Gasteiger partial charge in [0.15, 0.2) is 0 Å². The highest BCUT2D eigenvalue weighted by Crippen LogP contribution is 2.19. The highest BCUT2D eigenvalue weighted by molar-refractivity contribution is 9.10. The number of nitrogens with two attached hydrogens (primary N) is 1. The molecule has 1 unspecified atom stereocenters. The van der Waals surface area contributed by atoms with Crippen LogP contribution in [0.3, 0.4) is 0 Å². The number of hydrogen-bond acceptors (Lipinski definition) is 2. The molecule has 1 aromatic rings. The van der Waals surface area contributed by atoms with Crippen LogP contribution in [0.15, 0.2) is 22.7 Å². The first kappa shape index (κ1) is 14.3. The van der Waals surface area contributed by atoms with Gasteiger partial charge in [0.1, 0.15) is 11.6 Å². The van der Waals surface area contributed by atoms with Gasteiger partial charge in [0, 0.05) is 17.3 Å². The van der Waals surface area contributed by atoms with Crippen molar-refractivity contribution in [2.45, 2.75) is 26.2 Å². The topological polar surface area (TPSA) is 43.1 Å². The Kier molecular flexibility index (Phi) is 5.78. The molecule has 0 aromatic heterocycles. The standard InChI is InChI=1S/C13H17BrFNO/c1-9(8-16)2-4-12(17)7-10-6-11(15)3-5-13(10)14/h3,5-6,9H,2,4,7-8,16H2,1H3. The average molecular weight is 302 g/mol. The zero-order chi connectivity index (χ0) is 12.8. The van der Waals surface area contributed by atoms with Crippen LogP contribution in [-0.4, -0.2) is 12.3 Å². The fourth-order valence-electron chi connectivity index (χ4n) is 1.50. The molecule has 2 nitrogen and oxygen atoms in total. The molecule has 17 heavy (non-hydrogen) atoms. The van der Waals surface area contributed by atoms with E-state index in [0.29, 0.717) is 24.4 Å². The molecular weight excluding hydrogens is 285 g/mol. The Morgan fingerprint density at radius 1 is 1.53 bits per heavy atom.